The van der Waals surface area contributed by atoms with Crippen molar-refractivity contribution < 1.29 is 9.53 Å². The molecule has 0 radical (unpaired) electrons. The van der Waals surface area contributed by atoms with Crippen molar-refractivity contribution in [1.82, 2.24) is 10.2 Å². The van der Waals surface area contributed by atoms with Crippen molar-refractivity contribution in [3.8, 4) is 5.75 Å². The molecule has 0 bridgehead atoms. The number of methoxy groups -OCH3 is 1. The fraction of sp³-hybridized carbons (Fsp3) is 0.500. The second-order valence-electron chi connectivity index (χ2n) is 6.52. The first-order valence-corrected chi connectivity index (χ1v) is 9.55. The summed E-state index contributed by atoms with van der Waals surface area (Å²) < 4.78 is 5.51. The lowest BCUT2D eigenvalue weighted by Crippen LogP contribution is -2.32. The number of likely N-dealkylation sites (tertiary alicyclic amines) is 1. The number of nitrogens with one attached hydrogen (secondary N) is 1. The minimum absolute atomic E-state index is 0.0264. The third kappa shape index (κ3) is 5.06. The Bertz CT molecular complexity index is 682. The van der Waals surface area contributed by atoms with E-state index in [0.717, 1.165) is 42.4 Å². The lowest BCUT2D eigenvalue weighted by atomic mass is 9.98. The Labute approximate surface area is 152 Å². The average Bonchev–Trinajstić information content (AvgIpc) is 3.02. The van der Waals surface area contributed by atoms with E-state index in [9.17, 15) is 4.79 Å². The van der Waals surface area contributed by atoms with Crippen LogP contribution in [-0.2, 0) is 11.3 Å². The Balaban J connectivity index is 1.68. The normalized spacial score (nSPS) is 21.2. The molecule has 25 heavy (non-hydrogen) atoms. The SMILES string of the molecule is COc1ccc(C=NN=C2NC(=O)CS2)cc1CN1CCC(C)CC1. The van der Waals surface area contributed by atoms with Gasteiger partial charge in [-0.2, -0.15) is 5.10 Å². The summed E-state index contributed by atoms with van der Waals surface area (Å²) in [5.41, 5.74) is 2.14. The molecule has 134 valence electrons. The summed E-state index contributed by atoms with van der Waals surface area (Å²) in [6, 6.07) is 6.04. The monoisotopic (exact) mass is 360 g/mol. The maximum atomic E-state index is 11.1. The van der Waals surface area contributed by atoms with Gasteiger partial charge in [-0.1, -0.05) is 18.7 Å². The Hall–Kier alpha value is -1.86. The van der Waals surface area contributed by atoms with Crippen LogP contribution in [0.4, 0.5) is 0 Å². The highest BCUT2D eigenvalue weighted by Gasteiger charge is 2.18. The lowest BCUT2D eigenvalue weighted by Gasteiger charge is -2.30. The maximum Gasteiger partial charge on any atom is 0.236 e. The van der Waals surface area contributed by atoms with Gasteiger partial charge >= 0.3 is 0 Å². The van der Waals surface area contributed by atoms with E-state index in [1.54, 1.807) is 13.3 Å². The van der Waals surface area contributed by atoms with Crippen molar-refractivity contribution in [3.05, 3.63) is 29.3 Å². The number of piperidine rings is 1. The summed E-state index contributed by atoms with van der Waals surface area (Å²) in [7, 11) is 1.71. The van der Waals surface area contributed by atoms with E-state index in [1.165, 1.54) is 24.6 Å². The minimum atomic E-state index is -0.0264. The molecule has 3 rings (SSSR count). The van der Waals surface area contributed by atoms with Gasteiger partial charge in [-0.05, 0) is 55.6 Å². The average molecular weight is 360 g/mol. The summed E-state index contributed by atoms with van der Waals surface area (Å²) in [5.74, 6) is 2.11. The van der Waals surface area contributed by atoms with Crippen LogP contribution in [0.15, 0.2) is 28.4 Å². The van der Waals surface area contributed by atoms with Crippen LogP contribution in [0.5, 0.6) is 5.75 Å². The molecule has 2 fully saturated rings. The van der Waals surface area contributed by atoms with Crippen LogP contribution < -0.4 is 10.1 Å². The van der Waals surface area contributed by atoms with Gasteiger partial charge in [0.25, 0.3) is 0 Å². The summed E-state index contributed by atoms with van der Waals surface area (Å²) in [5, 5.41) is 11.3. The van der Waals surface area contributed by atoms with E-state index in [2.05, 4.69) is 33.4 Å². The van der Waals surface area contributed by atoms with Crippen molar-refractivity contribution in [2.75, 3.05) is 26.0 Å². The van der Waals surface area contributed by atoms with Gasteiger partial charge < -0.3 is 10.1 Å². The quantitative estimate of drug-likeness (QED) is 0.647. The number of thioether (sulfide) groups is 1. The number of carbonyl (C=O) groups excluding carboxylic acids is 1. The summed E-state index contributed by atoms with van der Waals surface area (Å²) in [6.07, 6.45) is 4.22. The molecule has 2 aliphatic rings. The third-order valence-corrected chi connectivity index (χ3v) is 5.38. The van der Waals surface area contributed by atoms with E-state index in [-0.39, 0.29) is 5.91 Å². The summed E-state index contributed by atoms with van der Waals surface area (Å²) >= 11 is 1.37. The Kier molecular flexibility index (Phi) is 6.09. The van der Waals surface area contributed by atoms with E-state index in [1.807, 2.05) is 12.1 Å². The van der Waals surface area contributed by atoms with Gasteiger partial charge in [0.1, 0.15) is 5.75 Å². The first kappa shape index (κ1) is 17.9. The van der Waals surface area contributed by atoms with Crippen LogP contribution in [0.3, 0.4) is 0 Å². The summed E-state index contributed by atoms with van der Waals surface area (Å²) in [4.78, 5) is 13.6. The number of carbonyl (C=O) groups is 1. The van der Waals surface area contributed by atoms with Gasteiger partial charge in [0.2, 0.25) is 5.91 Å². The molecule has 2 aliphatic heterocycles. The van der Waals surface area contributed by atoms with Gasteiger partial charge in [0, 0.05) is 12.1 Å². The molecule has 2 saturated heterocycles. The number of benzene rings is 1. The van der Waals surface area contributed by atoms with E-state index < -0.39 is 0 Å². The van der Waals surface area contributed by atoms with Crippen LogP contribution in [-0.4, -0.2) is 48.1 Å². The van der Waals surface area contributed by atoms with E-state index in [0.29, 0.717) is 10.9 Å². The van der Waals surface area contributed by atoms with Gasteiger partial charge in [-0.15, -0.1) is 5.10 Å². The Morgan fingerprint density at radius 1 is 1.40 bits per heavy atom. The first-order valence-electron chi connectivity index (χ1n) is 8.57. The van der Waals surface area contributed by atoms with Gasteiger partial charge in [0.05, 0.1) is 19.1 Å². The van der Waals surface area contributed by atoms with Gasteiger partial charge in [0.15, 0.2) is 5.17 Å². The Morgan fingerprint density at radius 2 is 2.20 bits per heavy atom. The molecule has 1 amide bonds. The molecular weight excluding hydrogens is 336 g/mol. The van der Waals surface area contributed by atoms with Crippen molar-refractivity contribution in [2.45, 2.75) is 26.3 Å². The molecule has 6 nitrogen and oxygen atoms in total. The van der Waals surface area contributed by atoms with Crippen LogP contribution >= 0.6 is 11.8 Å². The zero-order valence-electron chi connectivity index (χ0n) is 14.7. The highest BCUT2D eigenvalue weighted by molar-refractivity contribution is 8.15. The zero-order valence-corrected chi connectivity index (χ0v) is 15.5. The van der Waals surface area contributed by atoms with Crippen molar-refractivity contribution >= 4 is 29.1 Å². The first-order chi connectivity index (χ1) is 12.1. The minimum Gasteiger partial charge on any atom is -0.496 e. The van der Waals surface area contributed by atoms with Gasteiger partial charge in [-0.25, -0.2) is 0 Å². The molecule has 0 saturated carbocycles. The second-order valence-corrected chi connectivity index (χ2v) is 7.48. The van der Waals surface area contributed by atoms with Crippen LogP contribution in [0, 0.1) is 5.92 Å². The molecule has 1 N–H and O–H groups in total. The zero-order chi connectivity index (χ0) is 17.6. The fourth-order valence-corrected chi connectivity index (χ4v) is 3.62. The molecule has 0 spiro atoms. The van der Waals surface area contributed by atoms with Crippen molar-refractivity contribution in [3.63, 3.8) is 0 Å². The number of amidine groups is 1. The van der Waals surface area contributed by atoms with Gasteiger partial charge in [-0.3, -0.25) is 9.69 Å². The standard InChI is InChI=1S/C18H24N4O2S/c1-13-5-7-22(8-6-13)11-15-9-14(3-4-16(15)24-2)10-19-21-18-20-17(23)12-25-18/h3-4,9-10,13H,5-8,11-12H2,1-2H3,(H,20,21,23). The molecule has 0 atom stereocenters. The highest BCUT2D eigenvalue weighted by Crippen LogP contribution is 2.24. The second kappa shape index (κ2) is 8.49. The number of hydrogen-bond acceptors (Lipinski definition) is 6. The Morgan fingerprint density at radius 3 is 2.88 bits per heavy atom. The van der Waals surface area contributed by atoms with Crippen LogP contribution in [0.1, 0.15) is 30.9 Å². The molecular formula is C18H24N4O2S. The smallest absolute Gasteiger partial charge is 0.236 e. The number of ether oxygens (including phenoxy) is 1. The van der Waals surface area contributed by atoms with Crippen molar-refractivity contribution in [1.29, 1.82) is 0 Å². The topological polar surface area (TPSA) is 66.3 Å². The lowest BCUT2D eigenvalue weighted by molar-refractivity contribution is -0.116. The van der Waals surface area contributed by atoms with Crippen LogP contribution in [0.25, 0.3) is 0 Å². The molecule has 0 unspecified atom stereocenters. The fourth-order valence-electron chi connectivity index (χ4n) is 2.99. The predicted molar refractivity (Wildman–Crippen MR) is 102 cm³/mol. The molecule has 1 aromatic rings. The molecule has 0 aliphatic carbocycles. The number of amides is 1. The number of nitrogens with zero attached hydrogens (tertiary/aromatic N) is 3. The van der Waals surface area contributed by atoms with Crippen LogP contribution in [0.2, 0.25) is 0 Å². The highest BCUT2D eigenvalue weighted by atomic mass is 32.2. The molecule has 2 heterocycles. The van der Waals surface area contributed by atoms with Crippen molar-refractivity contribution in [2.24, 2.45) is 16.1 Å². The largest absolute Gasteiger partial charge is 0.496 e. The number of hydrogen-bond donors (Lipinski definition) is 1. The molecule has 0 aromatic heterocycles. The summed E-state index contributed by atoms with van der Waals surface area (Å²) in [6.45, 7) is 5.47. The molecule has 7 heteroatoms. The molecule has 1 aromatic carbocycles. The predicted octanol–water partition coefficient (Wildman–Crippen LogP) is 2.48. The third-order valence-electron chi connectivity index (χ3n) is 4.52. The maximum absolute atomic E-state index is 11.1. The number of rotatable bonds is 5. The van der Waals surface area contributed by atoms with E-state index in [4.69, 9.17) is 4.74 Å². The van der Waals surface area contributed by atoms with E-state index >= 15 is 0 Å².